The second-order valence-corrected chi connectivity index (χ2v) is 11.4. The van der Waals surface area contributed by atoms with Crippen molar-refractivity contribution in [3.63, 3.8) is 0 Å². The highest BCUT2D eigenvalue weighted by Gasteiger charge is 2.37. The number of halogens is 1. The summed E-state index contributed by atoms with van der Waals surface area (Å²) in [5.74, 6) is 0.0606. The van der Waals surface area contributed by atoms with Crippen molar-refractivity contribution >= 4 is 24.3 Å². The molecule has 0 bridgehead atoms. The lowest BCUT2D eigenvalue weighted by atomic mass is 9.71. The van der Waals surface area contributed by atoms with E-state index in [-0.39, 0.29) is 41.9 Å². The van der Waals surface area contributed by atoms with Crippen molar-refractivity contribution in [2.24, 2.45) is 34.1 Å². The summed E-state index contributed by atoms with van der Waals surface area (Å²) in [4.78, 5) is 24.9. The van der Waals surface area contributed by atoms with E-state index in [4.69, 9.17) is 20.9 Å². The molecule has 176 valence electrons. The number of ether oxygens (including phenoxy) is 2. The quantitative estimate of drug-likeness (QED) is 0.598. The first-order valence-electron chi connectivity index (χ1n) is 11.2. The van der Waals surface area contributed by atoms with Crippen molar-refractivity contribution in [2.45, 2.75) is 111 Å². The normalized spacial score (nSPS) is 32.3. The fraction of sp³-hybridized carbons (Fsp3) is 0.913. The zero-order chi connectivity index (χ0) is 22.0. The number of hydrogen-bond acceptors (Lipinski definition) is 6. The molecular formula is C23H43ClN2O4. The van der Waals surface area contributed by atoms with Gasteiger partial charge in [0.2, 0.25) is 0 Å². The van der Waals surface area contributed by atoms with E-state index < -0.39 is 24.0 Å². The van der Waals surface area contributed by atoms with Gasteiger partial charge in [0.05, 0.1) is 0 Å². The van der Waals surface area contributed by atoms with E-state index in [0.29, 0.717) is 11.8 Å². The summed E-state index contributed by atoms with van der Waals surface area (Å²) in [5, 5.41) is 0. The molecule has 2 saturated carbocycles. The minimum absolute atomic E-state index is 0. The van der Waals surface area contributed by atoms with Gasteiger partial charge in [0.15, 0.2) is 0 Å². The van der Waals surface area contributed by atoms with Crippen LogP contribution in [0, 0.1) is 22.7 Å². The molecule has 0 spiro atoms. The molecule has 2 rings (SSSR count). The lowest BCUT2D eigenvalue weighted by Crippen LogP contribution is -2.46. The van der Waals surface area contributed by atoms with Crippen molar-refractivity contribution < 1.29 is 19.1 Å². The van der Waals surface area contributed by atoms with Gasteiger partial charge < -0.3 is 20.9 Å². The van der Waals surface area contributed by atoms with Crippen LogP contribution in [0.1, 0.15) is 86.5 Å². The SMILES string of the molecule is CC1CC(OC(=O)C(N)C[C@@H](N)C(=O)OC2CC(C)CC(C)(C)C2)CC(C)(C)C1.Cl. The Bertz CT molecular complexity index is 546. The highest BCUT2D eigenvalue weighted by atomic mass is 35.5. The van der Waals surface area contributed by atoms with E-state index >= 15 is 0 Å². The first kappa shape index (κ1) is 27.2. The van der Waals surface area contributed by atoms with Gasteiger partial charge in [-0.3, -0.25) is 9.59 Å². The van der Waals surface area contributed by atoms with E-state index in [1.165, 1.54) is 0 Å². The molecule has 6 atom stereocenters. The van der Waals surface area contributed by atoms with Crippen LogP contribution in [0.5, 0.6) is 0 Å². The molecule has 0 aromatic rings. The van der Waals surface area contributed by atoms with Gasteiger partial charge in [0, 0.05) is 0 Å². The third kappa shape index (κ3) is 8.35. The largest absolute Gasteiger partial charge is 0.461 e. The fourth-order valence-electron chi connectivity index (χ4n) is 5.67. The smallest absolute Gasteiger partial charge is 0.323 e. The van der Waals surface area contributed by atoms with Crippen molar-refractivity contribution in [3.05, 3.63) is 0 Å². The first-order valence-corrected chi connectivity index (χ1v) is 11.2. The van der Waals surface area contributed by atoms with Crippen molar-refractivity contribution in [1.82, 2.24) is 0 Å². The molecule has 0 saturated heterocycles. The minimum Gasteiger partial charge on any atom is -0.461 e. The average molecular weight is 447 g/mol. The van der Waals surface area contributed by atoms with Crippen LogP contribution in [0.4, 0.5) is 0 Å². The van der Waals surface area contributed by atoms with Gasteiger partial charge in [-0.05, 0) is 67.6 Å². The van der Waals surface area contributed by atoms with Gasteiger partial charge in [-0.15, -0.1) is 12.4 Å². The molecule has 0 amide bonds. The number of carbonyl (C=O) groups is 2. The van der Waals surface area contributed by atoms with Crippen LogP contribution in [0.15, 0.2) is 0 Å². The van der Waals surface area contributed by atoms with Gasteiger partial charge in [0.1, 0.15) is 24.3 Å². The number of nitrogens with two attached hydrogens (primary N) is 2. The molecule has 2 aliphatic rings. The molecular weight excluding hydrogens is 404 g/mol. The summed E-state index contributed by atoms with van der Waals surface area (Å²) in [6.07, 6.45) is 5.41. The Balaban J connectivity index is 0.00000450. The van der Waals surface area contributed by atoms with Crippen LogP contribution < -0.4 is 11.5 Å². The van der Waals surface area contributed by atoms with E-state index in [1.54, 1.807) is 0 Å². The zero-order valence-corrected chi connectivity index (χ0v) is 20.4. The molecule has 0 radical (unpaired) electrons. The van der Waals surface area contributed by atoms with Gasteiger partial charge in [-0.25, -0.2) is 0 Å². The average Bonchev–Trinajstić information content (AvgIpc) is 2.50. The van der Waals surface area contributed by atoms with Crippen LogP contribution in [0.2, 0.25) is 0 Å². The molecule has 4 N–H and O–H groups in total. The Hall–Kier alpha value is -0.850. The van der Waals surface area contributed by atoms with Crippen molar-refractivity contribution in [1.29, 1.82) is 0 Å². The van der Waals surface area contributed by atoms with Crippen LogP contribution in [0.25, 0.3) is 0 Å². The van der Waals surface area contributed by atoms with E-state index in [0.717, 1.165) is 38.5 Å². The minimum atomic E-state index is -0.917. The standard InChI is InChI=1S/C23H42N2O4.ClH/c1-14-7-16(12-22(3,4)10-14)28-20(26)18(24)9-19(25)21(27)29-17-8-15(2)11-23(5,6)13-17;/h14-19H,7-13,24-25H2,1-6H3;1H/t14?,15?,16?,17?,18-,19?;/m1./s1. The molecule has 0 aromatic heterocycles. The van der Waals surface area contributed by atoms with Gasteiger partial charge in [-0.2, -0.15) is 0 Å². The highest BCUT2D eigenvalue weighted by Crippen LogP contribution is 2.40. The third-order valence-corrected chi connectivity index (χ3v) is 6.37. The Morgan fingerprint density at radius 3 is 1.43 bits per heavy atom. The maximum Gasteiger partial charge on any atom is 0.323 e. The molecule has 0 heterocycles. The maximum atomic E-state index is 12.5. The Morgan fingerprint density at radius 1 is 0.800 bits per heavy atom. The van der Waals surface area contributed by atoms with E-state index in [9.17, 15) is 9.59 Å². The second kappa shape index (κ2) is 10.6. The summed E-state index contributed by atoms with van der Waals surface area (Å²) in [5.41, 5.74) is 12.3. The monoisotopic (exact) mass is 446 g/mol. The Morgan fingerprint density at radius 2 is 1.13 bits per heavy atom. The van der Waals surface area contributed by atoms with E-state index in [1.807, 2.05) is 0 Å². The molecule has 5 unspecified atom stereocenters. The van der Waals surface area contributed by atoms with Crippen molar-refractivity contribution in [3.8, 4) is 0 Å². The van der Waals surface area contributed by atoms with Crippen LogP contribution in [0.3, 0.4) is 0 Å². The van der Waals surface area contributed by atoms with Crippen LogP contribution >= 0.6 is 12.4 Å². The third-order valence-electron chi connectivity index (χ3n) is 6.37. The van der Waals surface area contributed by atoms with Gasteiger partial charge >= 0.3 is 11.9 Å². The predicted octanol–water partition coefficient (Wildman–Crippen LogP) is 3.97. The van der Waals surface area contributed by atoms with Gasteiger partial charge in [0.25, 0.3) is 0 Å². The first-order chi connectivity index (χ1) is 13.3. The van der Waals surface area contributed by atoms with Crippen LogP contribution in [-0.4, -0.2) is 36.2 Å². The topological polar surface area (TPSA) is 105 Å². The summed E-state index contributed by atoms with van der Waals surface area (Å²) in [6, 6.07) is -1.83. The highest BCUT2D eigenvalue weighted by molar-refractivity contribution is 5.85. The summed E-state index contributed by atoms with van der Waals surface area (Å²) in [6.45, 7) is 13.2. The lowest BCUT2D eigenvalue weighted by molar-refractivity contribution is -0.157. The number of rotatable bonds is 6. The van der Waals surface area contributed by atoms with E-state index in [2.05, 4.69) is 41.5 Å². The molecule has 7 heteroatoms. The maximum absolute atomic E-state index is 12.5. The number of carbonyl (C=O) groups excluding carboxylic acids is 2. The Kier molecular flexibility index (Phi) is 9.65. The van der Waals surface area contributed by atoms with Gasteiger partial charge in [-0.1, -0.05) is 41.5 Å². The molecule has 30 heavy (non-hydrogen) atoms. The summed E-state index contributed by atoms with van der Waals surface area (Å²) >= 11 is 0. The number of esters is 2. The Labute approximate surface area is 188 Å². The molecule has 0 aliphatic heterocycles. The lowest BCUT2D eigenvalue weighted by Gasteiger charge is -2.39. The molecule has 2 fully saturated rings. The zero-order valence-electron chi connectivity index (χ0n) is 19.6. The van der Waals surface area contributed by atoms with Crippen LogP contribution in [-0.2, 0) is 19.1 Å². The number of hydrogen-bond donors (Lipinski definition) is 2. The molecule has 6 nitrogen and oxygen atoms in total. The van der Waals surface area contributed by atoms with Crippen molar-refractivity contribution in [2.75, 3.05) is 0 Å². The summed E-state index contributed by atoms with van der Waals surface area (Å²) < 4.78 is 11.3. The summed E-state index contributed by atoms with van der Waals surface area (Å²) in [7, 11) is 0. The molecule has 2 aliphatic carbocycles. The predicted molar refractivity (Wildman–Crippen MR) is 121 cm³/mol. The molecule has 0 aromatic carbocycles. The fourth-order valence-corrected chi connectivity index (χ4v) is 5.67. The second-order valence-electron chi connectivity index (χ2n) is 11.4.